The molecule has 0 spiro atoms. The number of rotatable bonds is 1. The molecule has 15 heavy (non-hydrogen) atoms. The van der Waals surface area contributed by atoms with Crippen LogP contribution in [0, 0.1) is 0 Å². The number of carbonyl (C=O) groups is 1. The van der Waals surface area contributed by atoms with Crippen molar-refractivity contribution in [1.82, 2.24) is 0 Å². The number of hydrogen-bond acceptors (Lipinski definition) is 3. The van der Waals surface area contributed by atoms with Gasteiger partial charge >= 0.3 is 5.97 Å². The zero-order chi connectivity index (χ0) is 11.0. The van der Waals surface area contributed by atoms with E-state index < -0.39 is 12.1 Å². The van der Waals surface area contributed by atoms with Crippen molar-refractivity contribution in [2.75, 3.05) is 5.73 Å². The van der Waals surface area contributed by atoms with Crippen LogP contribution in [-0.4, -0.2) is 17.2 Å². The molecule has 0 radical (unpaired) electrons. The SMILES string of the molecule is CC1Oc2ccc(N)cc2C=C1C(=O)O. The molecule has 4 nitrogen and oxygen atoms in total. The van der Waals surface area contributed by atoms with Gasteiger partial charge in [-0.1, -0.05) is 0 Å². The average Bonchev–Trinajstić information content (AvgIpc) is 2.17. The standard InChI is InChI=1S/C11H11NO3/c1-6-9(11(13)14)5-7-4-8(12)2-3-10(7)15-6/h2-6H,12H2,1H3,(H,13,14). The zero-order valence-electron chi connectivity index (χ0n) is 8.23. The highest BCUT2D eigenvalue weighted by Gasteiger charge is 2.23. The van der Waals surface area contributed by atoms with Crippen molar-refractivity contribution >= 4 is 17.7 Å². The van der Waals surface area contributed by atoms with Crippen LogP contribution in [0.4, 0.5) is 5.69 Å². The van der Waals surface area contributed by atoms with Gasteiger partial charge in [-0.25, -0.2) is 4.79 Å². The second-order valence-electron chi connectivity index (χ2n) is 3.46. The van der Waals surface area contributed by atoms with E-state index in [0.29, 0.717) is 17.0 Å². The van der Waals surface area contributed by atoms with Gasteiger partial charge < -0.3 is 15.6 Å². The number of fused-ring (bicyclic) bond motifs is 1. The molecule has 0 bridgehead atoms. The molecule has 1 unspecified atom stereocenters. The maximum absolute atomic E-state index is 10.9. The molecule has 0 amide bonds. The molecule has 0 saturated carbocycles. The van der Waals surface area contributed by atoms with Crippen LogP contribution in [0.2, 0.25) is 0 Å². The van der Waals surface area contributed by atoms with Crippen molar-refractivity contribution in [2.24, 2.45) is 0 Å². The van der Waals surface area contributed by atoms with Gasteiger partial charge in [-0.3, -0.25) is 0 Å². The summed E-state index contributed by atoms with van der Waals surface area (Å²) in [4.78, 5) is 10.9. The fourth-order valence-electron chi connectivity index (χ4n) is 1.56. The first-order chi connectivity index (χ1) is 7.08. The Bertz CT molecular complexity index is 451. The molecule has 0 aromatic heterocycles. The first kappa shape index (κ1) is 9.58. The highest BCUT2D eigenvalue weighted by atomic mass is 16.5. The average molecular weight is 205 g/mol. The van der Waals surface area contributed by atoms with Crippen LogP contribution in [-0.2, 0) is 4.79 Å². The van der Waals surface area contributed by atoms with E-state index >= 15 is 0 Å². The smallest absolute Gasteiger partial charge is 0.335 e. The molecule has 0 aliphatic carbocycles. The normalized spacial score (nSPS) is 18.7. The zero-order valence-corrected chi connectivity index (χ0v) is 8.23. The Morgan fingerprint density at radius 2 is 2.27 bits per heavy atom. The number of carboxylic acid groups (broad SMARTS) is 1. The van der Waals surface area contributed by atoms with Gasteiger partial charge in [-0.15, -0.1) is 0 Å². The molecule has 1 aliphatic rings. The van der Waals surface area contributed by atoms with Gasteiger partial charge in [-0.05, 0) is 31.2 Å². The monoisotopic (exact) mass is 205 g/mol. The Labute approximate surface area is 87.0 Å². The summed E-state index contributed by atoms with van der Waals surface area (Å²) in [7, 11) is 0. The summed E-state index contributed by atoms with van der Waals surface area (Å²) >= 11 is 0. The lowest BCUT2D eigenvalue weighted by atomic mass is 10.0. The van der Waals surface area contributed by atoms with E-state index in [4.69, 9.17) is 15.6 Å². The lowest BCUT2D eigenvalue weighted by Gasteiger charge is -2.22. The summed E-state index contributed by atoms with van der Waals surface area (Å²) in [5.41, 5.74) is 7.15. The van der Waals surface area contributed by atoms with Gasteiger partial charge in [0.15, 0.2) is 0 Å². The van der Waals surface area contributed by atoms with Crippen LogP contribution in [0.15, 0.2) is 23.8 Å². The van der Waals surface area contributed by atoms with E-state index in [1.807, 2.05) is 0 Å². The molecular formula is C11H11NO3. The quantitative estimate of drug-likeness (QED) is 0.682. The first-order valence-electron chi connectivity index (χ1n) is 4.59. The molecule has 1 aromatic rings. The van der Waals surface area contributed by atoms with Gasteiger partial charge in [0.1, 0.15) is 11.9 Å². The van der Waals surface area contributed by atoms with Crippen LogP contribution >= 0.6 is 0 Å². The third kappa shape index (κ3) is 1.66. The third-order valence-corrected chi connectivity index (χ3v) is 2.33. The van der Waals surface area contributed by atoms with Gasteiger partial charge in [0.2, 0.25) is 0 Å². The topological polar surface area (TPSA) is 72.5 Å². The minimum absolute atomic E-state index is 0.244. The van der Waals surface area contributed by atoms with Crippen molar-refractivity contribution in [2.45, 2.75) is 13.0 Å². The molecule has 78 valence electrons. The first-order valence-corrected chi connectivity index (χ1v) is 4.59. The Kier molecular flexibility index (Phi) is 2.11. The number of ether oxygens (including phenoxy) is 1. The summed E-state index contributed by atoms with van der Waals surface area (Å²) in [6.07, 6.45) is 1.17. The predicted octanol–water partition coefficient (Wildman–Crippen LogP) is 1.52. The Balaban J connectivity index is 2.51. The Hall–Kier alpha value is -1.97. The molecule has 1 aliphatic heterocycles. The number of carboxylic acids is 1. The predicted molar refractivity (Wildman–Crippen MR) is 56.6 cm³/mol. The van der Waals surface area contributed by atoms with Crippen molar-refractivity contribution in [3.8, 4) is 5.75 Å². The van der Waals surface area contributed by atoms with Crippen LogP contribution in [0.5, 0.6) is 5.75 Å². The number of aliphatic carboxylic acids is 1. The minimum atomic E-state index is -0.962. The summed E-state index contributed by atoms with van der Waals surface area (Å²) in [5.74, 6) is -0.294. The number of nitrogen functional groups attached to an aromatic ring is 1. The molecule has 0 fully saturated rings. The van der Waals surface area contributed by atoms with Crippen molar-refractivity contribution in [1.29, 1.82) is 0 Å². The van der Waals surface area contributed by atoms with E-state index in [-0.39, 0.29) is 5.57 Å². The molecule has 1 heterocycles. The van der Waals surface area contributed by atoms with Gasteiger partial charge in [-0.2, -0.15) is 0 Å². The molecule has 2 rings (SSSR count). The summed E-state index contributed by atoms with van der Waals surface area (Å²) < 4.78 is 5.46. The van der Waals surface area contributed by atoms with E-state index in [1.165, 1.54) is 0 Å². The highest BCUT2D eigenvalue weighted by Crippen LogP contribution is 2.30. The number of hydrogen-bond donors (Lipinski definition) is 2. The number of anilines is 1. The van der Waals surface area contributed by atoms with Crippen LogP contribution in [0.25, 0.3) is 6.08 Å². The lowest BCUT2D eigenvalue weighted by molar-refractivity contribution is -0.133. The van der Waals surface area contributed by atoms with Crippen LogP contribution < -0.4 is 10.5 Å². The second kappa shape index (κ2) is 3.31. The van der Waals surface area contributed by atoms with Crippen molar-refractivity contribution < 1.29 is 14.6 Å². The molecule has 1 aromatic carbocycles. The molecule has 0 saturated heterocycles. The number of benzene rings is 1. The van der Waals surface area contributed by atoms with E-state index in [9.17, 15) is 4.79 Å². The van der Waals surface area contributed by atoms with Crippen LogP contribution in [0.3, 0.4) is 0 Å². The highest BCUT2D eigenvalue weighted by molar-refractivity contribution is 5.94. The molecular weight excluding hydrogens is 194 g/mol. The summed E-state index contributed by atoms with van der Waals surface area (Å²) in [6, 6.07) is 5.17. The third-order valence-electron chi connectivity index (χ3n) is 2.33. The molecule has 1 atom stereocenters. The van der Waals surface area contributed by atoms with Crippen molar-refractivity contribution in [3.05, 3.63) is 29.3 Å². The molecule has 3 N–H and O–H groups in total. The maximum Gasteiger partial charge on any atom is 0.335 e. The van der Waals surface area contributed by atoms with E-state index in [0.717, 1.165) is 0 Å². The van der Waals surface area contributed by atoms with E-state index in [1.54, 1.807) is 31.2 Å². The molecule has 4 heteroatoms. The van der Waals surface area contributed by atoms with Gasteiger partial charge in [0.05, 0.1) is 5.57 Å². The fraction of sp³-hybridized carbons (Fsp3) is 0.182. The maximum atomic E-state index is 10.9. The second-order valence-corrected chi connectivity index (χ2v) is 3.46. The van der Waals surface area contributed by atoms with Crippen LogP contribution in [0.1, 0.15) is 12.5 Å². The van der Waals surface area contributed by atoms with Crippen molar-refractivity contribution in [3.63, 3.8) is 0 Å². The van der Waals surface area contributed by atoms with Gasteiger partial charge in [0.25, 0.3) is 0 Å². The summed E-state index contributed by atoms with van der Waals surface area (Å²) in [5, 5.41) is 8.92. The number of nitrogens with two attached hydrogens (primary N) is 1. The van der Waals surface area contributed by atoms with Gasteiger partial charge in [0, 0.05) is 11.3 Å². The fourth-order valence-corrected chi connectivity index (χ4v) is 1.56. The Morgan fingerprint density at radius 1 is 1.53 bits per heavy atom. The lowest BCUT2D eigenvalue weighted by Crippen LogP contribution is -2.24. The largest absolute Gasteiger partial charge is 0.485 e. The Morgan fingerprint density at radius 3 is 2.93 bits per heavy atom. The van der Waals surface area contributed by atoms with E-state index in [2.05, 4.69) is 0 Å². The minimum Gasteiger partial charge on any atom is -0.485 e. The summed E-state index contributed by atoms with van der Waals surface area (Å²) in [6.45, 7) is 1.71.